The molecule has 18 heavy (non-hydrogen) atoms. The molecule has 2 N–H and O–H groups in total. The minimum Gasteiger partial charge on any atom is -0.330 e. The molecule has 0 fully saturated rings. The maximum atomic E-state index is 5.62. The molecule has 0 aliphatic carbocycles. The van der Waals surface area contributed by atoms with Gasteiger partial charge in [-0.2, -0.15) is 4.37 Å². The summed E-state index contributed by atoms with van der Waals surface area (Å²) in [7, 11) is 0. The average Bonchev–Trinajstić information content (AvgIpc) is 2.78. The zero-order valence-corrected chi connectivity index (χ0v) is 11.6. The summed E-state index contributed by atoms with van der Waals surface area (Å²) in [6.45, 7) is 5.58. The number of hydrogen-bond donors (Lipinski definition) is 1. The van der Waals surface area contributed by atoms with Gasteiger partial charge in [0.1, 0.15) is 5.82 Å². The second-order valence-electron chi connectivity index (χ2n) is 4.20. The van der Waals surface area contributed by atoms with Crippen molar-refractivity contribution in [3.05, 3.63) is 35.7 Å². The van der Waals surface area contributed by atoms with E-state index in [1.807, 2.05) is 19.1 Å². The van der Waals surface area contributed by atoms with Gasteiger partial charge in [-0.3, -0.25) is 0 Å². The molecule has 0 spiro atoms. The Morgan fingerprint density at radius 1 is 1.28 bits per heavy atom. The zero-order valence-electron chi connectivity index (χ0n) is 10.8. The summed E-state index contributed by atoms with van der Waals surface area (Å²) in [6.07, 6.45) is 0.937. The van der Waals surface area contributed by atoms with Crippen LogP contribution in [-0.2, 0) is 0 Å². The van der Waals surface area contributed by atoms with Gasteiger partial charge < -0.3 is 10.6 Å². The van der Waals surface area contributed by atoms with Crippen molar-refractivity contribution >= 4 is 22.4 Å². The molecule has 2 aromatic rings. The highest BCUT2D eigenvalue weighted by Gasteiger charge is 2.14. The van der Waals surface area contributed by atoms with E-state index in [0.717, 1.165) is 23.9 Å². The molecule has 4 nitrogen and oxygen atoms in total. The van der Waals surface area contributed by atoms with E-state index in [9.17, 15) is 0 Å². The summed E-state index contributed by atoms with van der Waals surface area (Å²) in [5.41, 5.74) is 8.04. The number of aromatic nitrogens is 2. The first-order valence-electron chi connectivity index (χ1n) is 6.06. The first-order valence-corrected chi connectivity index (χ1v) is 6.83. The van der Waals surface area contributed by atoms with Crippen LogP contribution in [-0.4, -0.2) is 22.4 Å². The highest BCUT2D eigenvalue weighted by molar-refractivity contribution is 7.09. The van der Waals surface area contributed by atoms with Crippen LogP contribution in [0.15, 0.2) is 24.3 Å². The van der Waals surface area contributed by atoms with Crippen LogP contribution in [0.1, 0.15) is 17.8 Å². The monoisotopic (exact) mass is 262 g/mol. The molecule has 96 valence electrons. The van der Waals surface area contributed by atoms with Crippen molar-refractivity contribution in [2.45, 2.75) is 20.3 Å². The van der Waals surface area contributed by atoms with Crippen LogP contribution in [0.3, 0.4) is 0 Å². The Bertz CT molecular complexity index is 509. The Hall–Kier alpha value is -1.46. The van der Waals surface area contributed by atoms with E-state index in [1.54, 1.807) is 0 Å². The molecule has 0 saturated carbocycles. The lowest BCUT2D eigenvalue weighted by atomic mass is 10.2. The van der Waals surface area contributed by atoms with Gasteiger partial charge in [-0.1, -0.05) is 18.2 Å². The van der Waals surface area contributed by atoms with E-state index < -0.39 is 0 Å². The molecule has 0 aliphatic heterocycles. The van der Waals surface area contributed by atoms with Crippen LogP contribution >= 0.6 is 11.5 Å². The van der Waals surface area contributed by atoms with Crippen molar-refractivity contribution in [1.82, 2.24) is 9.36 Å². The molecule has 1 heterocycles. The normalized spacial score (nSPS) is 10.6. The van der Waals surface area contributed by atoms with Crippen LogP contribution in [0.4, 0.5) is 10.8 Å². The summed E-state index contributed by atoms with van der Waals surface area (Å²) in [6, 6.07) is 8.32. The molecular formula is C13H18N4S. The molecule has 1 aromatic heterocycles. The van der Waals surface area contributed by atoms with Crippen LogP contribution < -0.4 is 10.6 Å². The van der Waals surface area contributed by atoms with E-state index in [0.29, 0.717) is 6.54 Å². The maximum absolute atomic E-state index is 5.62. The van der Waals surface area contributed by atoms with Crippen LogP contribution in [0.2, 0.25) is 0 Å². The van der Waals surface area contributed by atoms with Gasteiger partial charge in [-0.25, -0.2) is 4.98 Å². The number of nitrogens with two attached hydrogens (primary N) is 1. The summed E-state index contributed by atoms with van der Waals surface area (Å²) >= 11 is 1.44. The van der Waals surface area contributed by atoms with E-state index in [2.05, 4.69) is 33.3 Å². The molecule has 0 atom stereocenters. The highest BCUT2D eigenvalue weighted by Crippen LogP contribution is 2.29. The molecule has 0 amide bonds. The lowest BCUT2D eigenvalue weighted by Gasteiger charge is -2.23. The Kier molecular flexibility index (Phi) is 4.28. The van der Waals surface area contributed by atoms with E-state index >= 15 is 0 Å². The van der Waals surface area contributed by atoms with Crippen LogP contribution in [0.25, 0.3) is 0 Å². The zero-order chi connectivity index (χ0) is 13.0. The van der Waals surface area contributed by atoms with Crippen molar-refractivity contribution in [3.8, 4) is 0 Å². The number of aryl methyl sites for hydroxylation is 2. The molecule has 0 bridgehead atoms. The fourth-order valence-corrected chi connectivity index (χ4v) is 2.55. The Balaban J connectivity index is 2.33. The number of rotatable bonds is 5. The lowest BCUT2D eigenvalue weighted by Crippen LogP contribution is -2.21. The molecule has 0 radical (unpaired) electrons. The van der Waals surface area contributed by atoms with Gasteiger partial charge in [0.25, 0.3) is 0 Å². The predicted octanol–water partition coefficient (Wildman–Crippen LogP) is 2.64. The third-order valence-corrected chi connectivity index (χ3v) is 3.57. The van der Waals surface area contributed by atoms with Crippen molar-refractivity contribution in [1.29, 1.82) is 0 Å². The smallest absolute Gasteiger partial charge is 0.209 e. The van der Waals surface area contributed by atoms with Crippen molar-refractivity contribution in [2.24, 2.45) is 5.73 Å². The van der Waals surface area contributed by atoms with Crippen LogP contribution in [0, 0.1) is 13.8 Å². The van der Waals surface area contributed by atoms with Gasteiger partial charge in [-0.15, -0.1) is 0 Å². The summed E-state index contributed by atoms with van der Waals surface area (Å²) in [4.78, 5) is 6.68. The molecule has 1 aromatic carbocycles. The largest absolute Gasteiger partial charge is 0.330 e. The molecular weight excluding hydrogens is 244 g/mol. The maximum Gasteiger partial charge on any atom is 0.209 e. The molecule has 5 heteroatoms. The third kappa shape index (κ3) is 2.86. The van der Waals surface area contributed by atoms with Gasteiger partial charge in [0.15, 0.2) is 0 Å². The van der Waals surface area contributed by atoms with Crippen molar-refractivity contribution in [2.75, 3.05) is 18.0 Å². The second-order valence-corrected chi connectivity index (χ2v) is 4.93. The van der Waals surface area contributed by atoms with E-state index in [1.165, 1.54) is 22.8 Å². The quantitative estimate of drug-likeness (QED) is 0.900. The van der Waals surface area contributed by atoms with Crippen LogP contribution in [0.5, 0.6) is 0 Å². The van der Waals surface area contributed by atoms with Gasteiger partial charge in [0.05, 0.1) is 0 Å². The number of benzene rings is 1. The number of para-hydroxylation sites is 1. The van der Waals surface area contributed by atoms with Gasteiger partial charge in [0, 0.05) is 23.8 Å². The molecule has 2 rings (SSSR count). The summed E-state index contributed by atoms with van der Waals surface area (Å²) < 4.78 is 4.26. The second kappa shape index (κ2) is 5.93. The fourth-order valence-electron chi connectivity index (χ4n) is 1.83. The summed E-state index contributed by atoms with van der Waals surface area (Å²) in [5.74, 6) is 0.821. The van der Waals surface area contributed by atoms with E-state index in [4.69, 9.17) is 5.73 Å². The molecule has 0 unspecified atom stereocenters. The third-order valence-electron chi connectivity index (χ3n) is 2.74. The van der Waals surface area contributed by atoms with Gasteiger partial charge >= 0.3 is 0 Å². The lowest BCUT2D eigenvalue weighted by molar-refractivity contribution is 0.813. The number of hydrogen-bond acceptors (Lipinski definition) is 5. The Labute approximate surface area is 112 Å². The predicted molar refractivity (Wildman–Crippen MR) is 76.5 cm³/mol. The number of nitrogens with zero attached hydrogens (tertiary/aromatic N) is 3. The topological polar surface area (TPSA) is 55.0 Å². The Morgan fingerprint density at radius 2 is 2.06 bits per heavy atom. The van der Waals surface area contributed by atoms with Crippen molar-refractivity contribution in [3.63, 3.8) is 0 Å². The number of anilines is 2. The molecule has 0 saturated heterocycles. The highest BCUT2D eigenvalue weighted by atomic mass is 32.1. The van der Waals surface area contributed by atoms with Crippen molar-refractivity contribution < 1.29 is 0 Å². The van der Waals surface area contributed by atoms with Gasteiger partial charge in [0.2, 0.25) is 5.13 Å². The first-order chi connectivity index (χ1) is 8.72. The van der Waals surface area contributed by atoms with Gasteiger partial charge in [-0.05, 0) is 38.4 Å². The fraction of sp³-hybridized carbons (Fsp3) is 0.385. The minimum atomic E-state index is 0.681. The minimum absolute atomic E-state index is 0.681. The average molecular weight is 262 g/mol. The Morgan fingerprint density at radius 3 is 2.67 bits per heavy atom. The first kappa shape index (κ1) is 13.0. The molecule has 0 aliphatic rings. The van der Waals surface area contributed by atoms with E-state index in [-0.39, 0.29) is 0 Å². The SMILES string of the molecule is Cc1nsc(N(CCCN)c2ccccc2C)n1. The standard InChI is InChI=1S/C13H18N4S/c1-10-6-3-4-7-12(10)17(9-5-8-14)13-15-11(2)16-18-13/h3-4,6-7H,5,8-9,14H2,1-2H3. The summed E-state index contributed by atoms with van der Waals surface area (Å²) in [5, 5.41) is 0.940.